The van der Waals surface area contributed by atoms with Gasteiger partial charge in [0.2, 0.25) is 0 Å². The summed E-state index contributed by atoms with van der Waals surface area (Å²) in [5, 5.41) is 1.77. The zero-order valence-corrected chi connectivity index (χ0v) is 16.8. The maximum absolute atomic E-state index is 13.0. The Balaban J connectivity index is 1.71. The average molecular weight is 391 g/mol. The van der Waals surface area contributed by atoms with Crippen molar-refractivity contribution in [1.29, 1.82) is 0 Å². The Morgan fingerprint density at radius 1 is 0.857 bits per heavy atom. The number of hydrogen-bond acceptors (Lipinski definition) is 4. The third-order valence-electron chi connectivity index (χ3n) is 4.96. The van der Waals surface area contributed by atoms with Gasteiger partial charge < -0.3 is 4.90 Å². The van der Waals surface area contributed by atoms with Crippen LogP contribution in [0.2, 0.25) is 0 Å². The Bertz CT molecular complexity index is 1020. The minimum Gasteiger partial charge on any atom is -0.308 e. The van der Waals surface area contributed by atoms with Crippen LogP contribution in [0, 0.1) is 0 Å². The van der Waals surface area contributed by atoms with Gasteiger partial charge in [-0.05, 0) is 43.2 Å². The van der Waals surface area contributed by atoms with Crippen LogP contribution in [0.3, 0.4) is 0 Å². The Kier molecular flexibility index (Phi) is 5.20. The molecule has 1 aliphatic rings. The Morgan fingerprint density at radius 2 is 1.57 bits per heavy atom. The predicted molar refractivity (Wildman–Crippen MR) is 114 cm³/mol. The van der Waals surface area contributed by atoms with Gasteiger partial charge in [-0.15, -0.1) is 11.8 Å². The summed E-state index contributed by atoms with van der Waals surface area (Å²) in [6, 6.07) is 19.9. The Labute approximate surface area is 169 Å². The topological polar surface area (TPSA) is 40.6 Å². The van der Waals surface area contributed by atoms with Crippen molar-refractivity contribution in [2.75, 3.05) is 27.2 Å². The maximum atomic E-state index is 13.0. The molecule has 5 heteroatoms. The van der Waals surface area contributed by atoms with E-state index in [-0.39, 0.29) is 11.8 Å². The third-order valence-corrected chi connectivity index (χ3v) is 6.10. The molecule has 1 heterocycles. The smallest absolute Gasteiger partial charge is 0.261 e. The molecule has 0 spiro atoms. The lowest BCUT2D eigenvalue weighted by atomic mass is 9.94. The molecular weight excluding hydrogens is 368 g/mol. The van der Waals surface area contributed by atoms with Gasteiger partial charge in [0.15, 0.2) is 0 Å². The van der Waals surface area contributed by atoms with Gasteiger partial charge in [0.05, 0.1) is 0 Å². The van der Waals surface area contributed by atoms with Crippen molar-refractivity contribution in [1.82, 2.24) is 9.80 Å². The number of rotatable bonds is 6. The summed E-state index contributed by atoms with van der Waals surface area (Å²) in [5.41, 5.74) is 2.48. The van der Waals surface area contributed by atoms with Gasteiger partial charge in [-0.25, -0.2) is 0 Å². The molecule has 142 valence electrons. The molecule has 0 aromatic heterocycles. The van der Waals surface area contributed by atoms with Crippen molar-refractivity contribution in [2.24, 2.45) is 0 Å². The van der Waals surface area contributed by atoms with Gasteiger partial charge in [0.1, 0.15) is 0 Å². The lowest BCUT2D eigenvalue weighted by Gasteiger charge is -2.28. The molecule has 3 aromatic rings. The summed E-state index contributed by atoms with van der Waals surface area (Å²) in [7, 11) is 3.87. The molecule has 3 aromatic carbocycles. The number of benzene rings is 3. The zero-order valence-electron chi connectivity index (χ0n) is 16.0. The van der Waals surface area contributed by atoms with Gasteiger partial charge >= 0.3 is 0 Å². The van der Waals surface area contributed by atoms with Gasteiger partial charge in [0.25, 0.3) is 11.8 Å². The van der Waals surface area contributed by atoms with Crippen LogP contribution in [0.4, 0.5) is 0 Å². The molecule has 0 saturated carbocycles. The molecule has 0 unspecified atom stereocenters. The van der Waals surface area contributed by atoms with E-state index in [9.17, 15) is 9.59 Å². The van der Waals surface area contributed by atoms with Crippen LogP contribution in [0.1, 0.15) is 26.3 Å². The summed E-state index contributed by atoms with van der Waals surface area (Å²) < 4.78 is 0. The van der Waals surface area contributed by atoms with E-state index in [2.05, 4.69) is 12.1 Å². The highest BCUT2D eigenvalue weighted by molar-refractivity contribution is 7.98. The van der Waals surface area contributed by atoms with Crippen molar-refractivity contribution in [3.05, 3.63) is 77.4 Å². The van der Waals surface area contributed by atoms with Crippen molar-refractivity contribution in [2.45, 2.75) is 10.6 Å². The largest absolute Gasteiger partial charge is 0.308 e. The molecule has 0 bridgehead atoms. The van der Waals surface area contributed by atoms with E-state index in [1.807, 2.05) is 67.5 Å². The minimum atomic E-state index is -0.199. The van der Waals surface area contributed by atoms with E-state index < -0.39 is 0 Å². The monoisotopic (exact) mass is 390 g/mol. The summed E-state index contributed by atoms with van der Waals surface area (Å²) in [6.45, 7) is 1.04. The second-order valence-corrected chi connectivity index (χ2v) is 8.20. The van der Waals surface area contributed by atoms with Crippen LogP contribution in [0.5, 0.6) is 0 Å². The highest BCUT2D eigenvalue weighted by atomic mass is 32.2. The Hall–Kier alpha value is -2.63. The van der Waals surface area contributed by atoms with Crippen LogP contribution in [0.25, 0.3) is 10.8 Å². The number of thioether (sulfide) groups is 1. The number of imide groups is 1. The van der Waals surface area contributed by atoms with Gasteiger partial charge in [0, 0.05) is 40.3 Å². The number of hydrogen-bond donors (Lipinski definition) is 0. The highest BCUT2D eigenvalue weighted by Crippen LogP contribution is 2.37. The molecule has 0 aliphatic carbocycles. The second kappa shape index (κ2) is 7.78. The second-order valence-electron chi connectivity index (χ2n) is 7.18. The fourth-order valence-corrected chi connectivity index (χ4v) is 4.49. The molecule has 0 fully saturated rings. The van der Waals surface area contributed by atoms with Crippen LogP contribution in [-0.4, -0.2) is 48.8 Å². The van der Waals surface area contributed by atoms with Crippen LogP contribution < -0.4 is 0 Å². The fourth-order valence-electron chi connectivity index (χ4n) is 3.48. The van der Waals surface area contributed by atoms with Crippen LogP contribution in [0.15, 0.2) is 65.6 Å². The number of nitrogens with zero attached hydrogens (tertiary/aromatic N) is 2. The molecule has 0 atom stereocenters. The number of amides is 2. The van der Waals surface area contributed by atoms with Crippen molar-refractivity contribution in [3.63, 3.8) is 0 Å². The normalized spacial score (nSPS) is 13.6. The van der Waals surface area contributed by atoms with E-state index in [4.69, 9.17) is 0 Å². The summed E-state index contributed by atoms with van der Waals surface area (Å²) >= 11 is 1.73. The maximum Gasteiger partial charge on any atom is 0.261 e. The molecule has 0 N–H and O–H groups in total. The third kappa shape index (κ3) is 3.43. The lowest BCUT2D eigenvalue weighted by Crippen LogP contribution is -2.43. The first-order chi connectivity index (χ1) is 13.6. The van der Waals surface area contributed by atoms with Crippen molar-refractivity contribution in [3.8, 4) is 0 Å². The van der Waals surface area contributed by atoms with E-state index in [0.29, 0.717) is 24.2 Å². The molecule has 4 nitrogen and oxygen atoms in total. The van der Waals surface area contributed by atoms with Gasteiger partial charge in [-0.1, -0.05) is 42.5 Å². The number of likely N-dealkylation sites (N-methyl/N-ethyl adjacent to an activating group) is 1. The van der Waals surface area contributed by atoms with Crippen LogP contribution >= 0.6 is 11.8 Å². The zero-order chi connectivity index (χ0) is 19.7. The van der Waals surface area contributed by atoms with E-state index in [0.717, 1.165) is 21.4 Å². The minimum absolute atomic E-state index is 0.199. The molecule has 4 rings (SSSR count). The standard InChI is InChI=1S/C23H22N2O2S/c1-24(2)13-14-25-22(26)18-10-6-9-17-20(12-11-19(21(17)18)23(25)27)28-15-16-7-4-3-5-8-16/h3-12H,13-15H2,1-2H3. The summed E-state index contributed by atoms with van der Waals surface area (Å²) in [5.74, 6) is 0.446. The number of carbonyl (C=O) groups excluding carboxylic acids is 2. The van der Waals surface area contributed by atoms with Gasteiger partial charge in [-0.3, -0.25) is 14.5 Å². The van der Waals surface area contributed by atoms with Gasteiger partial charge in [-0.2, -0.15) is 0 Å². The molecular formula is C23H22N2O2S. The molecule has 0 saturated heterocycles. The molecule has 1 aliphatic heterocycles. The van der Waals surface area contributed by atoms with E-state index >= 15 is 0 Å². The molecule has 0 radical (unpaired) electrons. The first kappa shape index (κ1) is 18.7. The molecule has 28 heavy (non-hydrogen) atoms. The van der Waals surface area contributed by atoms with Crippen LogP contribution in [-0.2, 0) is 5.75 Å². The first-order valence-electron chi connectivity index (χ1n) is 9.29. The Morgan fingerprint density at radius 3 is 2.29 bits per heavy atom. The summed E-state index contributed by atoms with van der Waals surface area (Å²) in [4.78, 5) is 30.4. The predicted octanol–water partition coefficient (Wildman–Crippen LogP) is 4.29. The average Bonchev–Trinajstić information content (AvgIpc) is 2.71. The quantitative estimate of drug-likeness (QED) is 0.465. The summed E-state index contributed by atoms with van der Waals surface area (Å²) in [6.07, 6.45) is 0. The first-order valence-corrected chi connectivity index (χ1v) is 10.3. The number of carbonyl (C=O) groups is 2. The van der Waals surface area contributed by atoms with Crippen molar-refractivity contribution >= 4 is 34.3 Å². The molecule has 2 amide bonds. The van der Waals surface area contributed by atoms with E-state index in [1.54, 1.807) is 11.8 Å². The van der Waals surface area contributed by atoms with Crippen molar-refractivity contribution < 1.29 is 9.59 Å². The highest BCUT2D eigenvalue weighted by Gasteiger charge is 2.33. The SMILES string of the molecule is CN(C)CCN1C(=O)c2cccc3c(SCc4ccccc4)ccc(c23)C1=O. The fraction of sp³-hybridized carbons (Fsp3) is 0.217. The lowest BCUT2D eigenvalue weighted by molar-refractivity contribution is 0.0601. The van der Waals surface area contributed by atoms with E-state index in [1.165, 1.54) is 10.5 Å².